The van der Waals surface area contributed by atoms with Gasteiger partial charge in [0.1, 0.15) is 16.4 Å². The van der Waals surface area contributed by atoms with Crippen molar-refractivity contribution in [2.24, 2.45) is 7.05 Å². The Bertz CT molecular complexity index is 923. The number of methoxy groups -OCH3 is 1. The minimum absolute atomic E-state index is 0.0723. The van der Waals surface area contributed by atoms with Crippen molar-refractivity contribution in [2.75, 3.05) is 13.7 Å². The van der Waals surface area contributed by atoms with E-state index in [2.05, 4.69) is 14.8 Å². The Morgan fingerprint density at radius 3 is 2.52 bits per heavy atom. The first kappa shape index (κ1) is 20.6. The van der Waals surface area contributed by atoms with Crippen molar-refractivity contribution in [3.63, 3.8) is 0 Å². The number of carbonyl (C=O) groups excluding carboxylic acids is 2. The summed E-state index contributed by atoms with van der Waals surface area (Å²) in [5.74, 6) is -1.37. The summed E-state index contributed by atoms with van der Waals surface area (Å²) in [7, 11) is -1.15. The average molecular weight is 397 g/mol. The van der Waals surface area contributed by atoms with E-state index in [-0.39, 0.29) is 41.8 Å². The molecule has 0 bridgehead atoms. The second kappa shape index (κ2) is 8.78. The monoisotopic (exact) mass is 397 g/mol. The number of nitrogens with one attached hydrogen (secondary N) is 2. The highest BCUT2D eigenvalue weighted by atomic mass is 32.2. The summed E-state index contributed by atoms with van der Waals surface area (Å²) in [6.45, 7) is 0.104. The number of aromatic nitrogens is 1. The molecule has 0 saturated carbocycles. The number of nitrogens with zero attached hydrogens (tertiary/aromatic N) is 1. The van der Waals surface area contributed by atoms with Gasteiger partial charge in [-0.05, 0) is 23.8 Å². The highest BCUT2D eigenvalue weighted by Crippen LogP contribution is 2.14. The molecule has 0 saturated heterocycles. The van der Waals surface area contributed by atoms with Crippen LogP contribution >= 0.6 is 0 Å². The van der Waals surface area contributed by atoms with Crippen molar-refractivity contribution in [3.05, 3.63) is 53.6 Å². The van der Waals surface area contributed by atoms with Crippen molar-refractivity contribution in [2.45, 2.75) is 17.9 Å². The summed E-state index contributed by atoms with van der Waals surface area (Å²) in [6, 6.07) is 6.87. The number of sulfonamides is 1. The lowest BCUT2D eigenvalue weighted by atomic mass is 10.2. The van der Waals surface area contributed by atoms with E-state index in [9.17, 15) is 22.4 Å². The Hall–Kier alpha value is -2.72. The molecule has 0 radical (unpaired) electrons. The molecule has 0 spiro atoms. The fourth-order valence-electron chi connectivity index (χ4n) is 2.26. The second-order valence-electron chi connectivity index (χ2n) is 5.71. The number of carbonyl (C=O) groups is 2. The van der Waals surface area contributed by atoms with Crippen LogP contribution in [0.4, 0.5) is 4.39 Å². The molecule has 0 aliphatic rings. The third kappa shape index (κ3) is 5.63. The Kier molecular flexibility index (Phi) is 6.70. The van der Waals surface area contributed by atoms with Crippen LogP contribution < -0.4 is 10.0 Å². The van der Waals surface area contributed by atoms with Gasteiger partial charge in [0.25, 0.3) is 0 Å². The van der Waals surface area contributed by atoms with E-state index in [4.69, 9.17) is 0 Å². The van der Waals surface area contributed by atoms with Gasteiger partial charge in [-0.15, -0.1) is 0 Å². The Labute approximate surface area is 156 Å². The number of esters is 1. The third-order valence-electron chi connectivity index (χ3n) is 3.73. The Morgan fingerprint density at radius 2 is 1.89 bits per heavy atom. The van der Waals surface area contributed by atoms with E-state index in [1.807, 2.05) is 0 Å². The summed E-state index contributed by atoms with van der Waals surface area (Å²) < 4.78 is 45.6. The molecular weight excluding hydrogens is 377 g/mol. The highest BCUT2D eigenvalue weighted by molar-refractivity contribution is 7.89. The minimum atomic E-state index is -3.87. The first-order chi connectivity index (χ1) is 12.7. The maximum atomic E-state index is 12.8. The summed E-state index contributed by atoms with van der Waals surface area (Å²) in [5.41, 5.74) is 0.819. The van der Waals surface area contributed by atoms with E-state index in [0.29, 0.717) is 0 Å². The van der Waals surface area contributed by atoms with Gasteiger partial charge < -0.3 is 14.6 Å². The quantitative estimate of drug-likeness (QED) is 0.645. The molecule has 0 aliphatic heterocycles. The minimum Gasteiger partial charge on any atom is -0.464 e. The zero-order chi connectivity index (χ0) is 20.0. The lowest BCUT2D eigenvalue weighted by molar-refractivity contribution is -0.121. The van der Waals surface area contributed by atoms with Gasteiger partial charge in [-0.25, -0.2) is 22.3 Å². The normalized spacial score (nSPS) is 11.2. The summed E-state index contributed by atoms with van der Waals surface area (Å²) in [4.78, 5) is 23.3. The maximum absolute atomic E-state index is 12.8. The van der Waals surface area contributed by atoms with E-state index in [1.165, 1.54) is 43.1 Å². The highest BCUT2D eigenvalue weighted by Gasteiger charge is 2.20. The second-order valence-corrected chi connectivity index (χ2v) is 7.48. The Balaban J connectivity index is 1.85. The maximum Gasteiger partial charge on any atom is 0.354 e. The first-order valence-corrected chi connectivity index (χ1v) is 9.46. The summed E-state index contributed by atoms with van der Waals surface area (Å²) in [5, 5.41) is 2.62. The van der Waals surface area contributed by atoms with Gasteiger partial charge in [0.2, 0.25) is 15.9 Å². The zero-order valence-electron chi connectivity index (χ0n) is 14.9. The van der Waals surface area contributed by atoms with Crippen LogP contribution in [0.3, 0.4) is 0 Å². The summed E-state index contributed by atoms with van der Waals surface area (Å²) >= 11 is 0. The molecule has 1 aromatic carbocycles. The lowest BCUT2D eigenvalue weighted by Crippen LogP contribution is -2.30. The fraction of sp³-hybridized carbons (Fsp3) is 0.294. The topological polar surface area (TPSA) is 106 Å². The predicted molar refractivity (Wildman–Crippen MR) is 94.8 cm³/mol. The molecule has 2 aromatic rings. The first-order valence-electron chi connectivity index (χ1n) is 7.98. The molecular formula is C17H20FN3O5S. The van der Waals surface area contributed by atoms with Gasteiger partial charge in [-0.1, -0.05) is 12.1 Å². The van der Waals surface area contributed by atoms with Crippen molar-refractivity contribution < 1.29 is 27.1 Å². The molecule has 2 N–H and O–H groups in total. The van der Waals surface area contributed by atoms with Crippen molar-refractivity contribution in [1.29, 1.82) is 0 Å². The lowest BCUT2D eigenvalue weighted by Gasteiger charge is -2.07. The fourth-order valence-corrected chi connectivity index (χ4v) is 3.36. The molecule has 10 heteroatoms. The molecule has 0 unspecified atom stereocenters. The van der Waals surface area contributed by atoms with Crippen LogP contribution in [0.1, 0.15) is 22.5 Å². The molecule has 27 heavy (non-hydrogen) atoms. The van der Waals surface area contributed by atoms with E-state index in [1.54, 1.807) is 12.1 Å². The largest absolute Gasteiger partial charge is 0.464 e. The van der Waals surface area contributed by atoms with E-state index < -0.39 is 16.0 Å². The number of hydrogen-bond acceptors (Lipinski definition) is 5. The smallest absolute Gasteiger partial charge is 0.354 e. The number of hydrogen-bond donors (Lipinski definition) is 2. The van der Waals surface area contributed by atoms with Crippen LogP contribution in [0, 0.1) is 5.82 Å². The van der Waals surface area contributed by atoms with Crippen molar-refractivity contribution in [3.8, 4) is 0 Å². The number of amides is 1. The molecule has 146 valence electrons. The van der Waals surface area contributed by atoms with E-state index in [0.717, 1.165) is 5.56 Å². The van der Waals surface area contributed by atoms with Crippen molar-refractivity contribution >= 4 is 21.9 Å². The van der Waals surface area contributed by atoms with Crippen LogP contribution in [0.2, 0.25) is 0 Å². The molecule has 2 rings (SSSR count). The van der Waals surface area contributed by atoms with Gasteiger partial charge in [0.15, 0.2) is 0 Å². The van der Waals surface area contributed by atoms with Crippen LogP contribution in [0.25, 0.3) is 0 Å². The molecule has 8 nitrogen and oxygen atoms in total. The van der Waals surface area contributed by atoms with Crippen LogP contribution in [-0.4, -0.2) is 38.5 Å². The standard InChI is InChI=1S/C17H20FN3O5S/c1-21-11-14(9-15(21)17(23)26-2)27(24,25)20-8-7-16(22)19-10-12-3-5-13(18)6-4-12/h3-6,9,11,20H,7-8,10H2,1-2H3,(H,19,22). The Morgan fingerprint density at radius 1 is 1.22 bits per heavy atom. The number of aryl methyl sites for hydroxylation is 1. The van der Waals surface area contributed by atoms with Crippen LogP contribution in [0.5, 0.6) is 0 Å². The zero-order valence-corrected chi connectivity index (χ0v) is 15.7. The number of halogens is 1. The van der Waals surface area contributed by atoms with Gasteiger partial charge >= 0.3 is 5.97 Å². The molecule has 1 heterocycles. The number of benzene rings is 1. The van der Waals surface area contributed by atoms with Gasteiger partial charge in [-0.2, -0.15) is 0 Å². The molecule has 1 aromatic heterocycles. The van der Waals surface area contributed by atoms with Gasteiger partial charge in [0.05, 0.1) is 7.11 Å². The van der Waals surface area contributed by atoms with Gasteiger partial charge in [0, 0.05) is 32.8 Å². The molecule has 1 amide bonds. The average Bonchev–Trinajstić information content (AvgIpc) is 3.03. The molecule has 0 fully saturated rings. The molecule has 0 atom stereocenters. The predicted octanol–water partition coefficient (Wildman–Crippen LogP) is 0.936. The number of rotatable bonds is 8. The van der Waals surface area contributed by atoms with Gasteiger partial charge in [-0.3, -0.25) is 4.79 Å². The third-order valence-corrected chi connectivity index (χ3v) is 5.16. The van der Waals surface area contributed by atoms with E-state index >= 15 is 0 Å². The van der Waals surface area contributed by atoms with Crippen LogP contribution in [-0.2, 0) is 33.1 Å². The molecule has 0 aliphatic carbocycles. The SMILES string of the molecule is COC(=O)c1cc(S(=O)(=O)NCCC(=O)NCc2ccc(F)cc2)cn1C. The van der Waals surface area contributed by atoms with Crippen molar-refractivity contribution in [1.82, 2.24) is 14.6 Å². The number of ether oxygens (including phenoxy) is 1. The summed E-state index contributed by atoms with van der Waals surface area (Å²) in [6.07, 6.45) is 1.21. The van der Waals surface area contributed by atoms with Crippen LogP contribution in [0.15, 0.2) is 41.4 Å².